The summed E-state index contributed by atoms with van der Waals surface area (Å²) in [5.41, 5.74) is -1.74. The molecule has 2 N–H and O–H groups in total. The second kappa shape index (κ2) is 20.2. The maximum atomic E-state index is 13.2. The minimum absolute atomic E-state index is 0.738. The first-order valence-corrected chi connectivity index (χ1v) is 18.3. The van der Waals surface area contributed by atoms with Crippen molar-refractivity contribution < 1.29 is 115 Å². The van der Waals surface area contributed by atoms with Crippen LogP contribution in [-0.2, 0) is 85.7 Å². The highest BCUT2D eigenvalue weighted by molar-refractivity contribution is 6.25. The molecule has 4 rings (SSSR count). The van der Waals surface area contributed by atoms with Crippen LogP contribution in [0.25, 0.3) is 0 Å². The normalized spacial score (nSPS) is 26.4. The zero-order valence-electron chi connectivity index (χ0n) is 34.2. The largest absolute Gasteiger partial charge is 0.504 e. The lowest BCUT2D eigenvalue weighted by Crippen LogP contribution is -2.64. The SMILES string of the molecule is CC(=O)OC[C@H]1O[C@@H](Oc2c(O)c3c(c(O)c2O[C@@H]2O[C@H](COC(C)=O)[C@@H](OC(C)=O)[C@H](OC(C)=O)[C@H]2OC(C)=O)C(=O)C=CC3=O)[C@H](OC(C)=O)[C@@H](OC(C)=O)[C@@H]1OC(C)=O. The number of aromatic hydroxyl groups is 2. The van der Waals surface area contributed by atoms with E-state index in [9.17, 15) is 58.2 Å². The van der Waals surface area contributed by atoms with Crippen LogP contribution < -0.4 is 9.47 Å². The Labute approximate surface area is 350 Å². The van der Waals surface area contributed by atoms with Crippen LogP contribution in [0.3, 0.4) is 0 Å². The molecule has 1 aliphatic carbocycles. The third-order valence-corrected chi connectivity index (χ3v) is 8.60. The van der Waals surface area contributed by atoms with Crippen LogP contribution in [0.1, 0.15) is 76.1 Å². The van der Waals surface area contributed by atoms with Crippen LogP contribution in [0.5, 0.6) is 23.0 Å². The molecule has 1 aromatic rings. The number of phenolic OH excluding ortho intramolecular Hbond substituents is 2. The Morgan fingerprint density at radius 3 is 1.00 bits per heavy atom. The molecule has 3 aliphatic rings. The average Bonchev–Trinajstić information content (AvgIpc) is 3.14. The molecule has 0 aromatic heterocycles. The molecule has 0 bridgehead atoms. The lowest BCUT2D eigenvalue weighted by atomic mass is 9.91. The number of fused-ring (bicyclic) bond motifs is 1. The lowest BCUT2D eigenvalue weighted by molar-refractivity contribution is -0.292. The molecule has 0 spiro atoms. The van der Waals surface area contributed by atoms with Gasteiger partial charge in [-0.15, -0.1) is 0 Å². The van der Waals surface area contributed by atoms with E-state index in [4.69, 9.17) is 56.8 Å². The minimum Gasteiger partial charge on any atom is -0.504 e. The predicted molar refractivity (Wildman–Crippen MR) is 193 cm³/mol. The van der Waals surface area contributed by atoms with Gasteiger partial charge in [0.25, 0.3) is 0 Å². The Morgan fingerprint density at radius 2 is 0.726 bits per heavy atom. The second-order valence-corrected chi connectivity index (χ2v) is 13.5. The van der Waals surface area contributed by atoms with Crippen LogP contribution in [0, 0.1) is 0 Å². The quantitative estimate of drug-likeness (QED) is 0.141. The van der Waals surface area contributed by atoms with Gasteiger partial charge in [0.1, 0.15) is 25.4 Å². The van der Waals surface area contributed by atoms with E-state index in [-0.39, 0.29) is 0 Å². The van der Waals surface area contributed by atoms with Crippen LogP contribution in [-0.4, -0.2) is 144 Å². The third-order valence-electron chi connectivity index (χ3n) is 8.60. The van der Waals surface area contributed by atoms with Crippen LogP contribution >= 0.6 is 0 Å². The molecule has 0 amide bonds. The summed E-state index contributed by atoms with van der Waals surface area (Å²) in [5, 5.41) is 23.6. The molecule has 2 heterocycles. The summed E-state index contributed by atoms with van der Waals surface area (Å²) >= 11 is 0. The fourth-order valence-corrected chi connectivity index (χ4v) is 6.49. The Hall–Kier alpha value is -6.82. The number of carbonyl (C=O) groups excluding carboxylic acids is 10. The molecule has 2 fully saturated rings. The molecule has 1 aromatic carbocycles. The van der Waals surface area contributed by atoms with Crippen molar-refractivity contribution in [2.75, 3.05) is 13.2 Å². The predicted octanol–water partition coefficient (Wildman–Crippen LogP) is -0.0432. The number of esters is 8. The molecule has 2 saturated heterocycles. The van der Waals surface area contributed by atoms with E-state index in [1.165, 1.54) is 0 Å². The van der Waals surface area contributed by atoms with E-state index >= 15 is 0 Å². The number of hydrogen-bond acceptors (Lipinski definition) is 24. The van der Waals surface area contributed by atoms with E-state index in [0.717, 1.165) is 67.5 Å². The Bertz CT molecular complexity index is 1890. The molecule has 10 atom stereocenters. The molecular formula is C38H42O24. The van der Waals surface area contributed by atoms with Gasteiger partial charge in [-0.05, 0) is 12.2 Å². The number of phenols is 2. The topological polar surface area (TPSA) is 322 Å². The first-order valence-electron chi connectivity index (χ1n) is 18.3. The second-order valence-electron chi connectivity index (χ2n) is 13.5. The number of rotatable bonds is 14. The van der Waals surface area contributed by atoms with Crippen LogP contribution in [0.4, 0.5) is 0 Å². The molecule has 0 unspecified atom stereocenters. The number of ketones is 2. The number of carbonyl (C=O) groups is 10. The third kappa shape index (κ3) is 11.5. The first kappa shape index (κ1) is 47.9. The van der Waals surface area contributed by atoms with Crippen molar-refractivity contribution in [2.45, 2.75) is 117 Å². The number of allylic oxidation sites excluding steroid dienone is 2. The van der Waals surface area contributed by atoms with Crippen molar-refractivity contribution in [3.8, 4) is 23.0 Å². The molecule has 0 saturated carbocycles. The molecule has 2 aliphatic heterocycles. The molecule has 24 heteroatoms. The fourth-order valence-electron chi connectivity index (χ4n) is 6.49. The van der Waals surface area contributed by atoms with Gasteiger partial charge in [0, 0.05) is 55.4 Å². The maximum Gasteiger partial charge on any atom is 0.303 e. The molecular weight excluding hydrogens is 840 g/mol. The minimum atomic E-state index is -2.18. The lowest BCUT2D eigenvalue weighted by Gasteiger charge is -2.45. The fraction of sp³-hybridized carbons (Fsp3) is 0.526. The van der Waals surface area contributed by atoms with E-state index in [1.807, 2.05) is 0 Å². The van der Waals surface area contributed by atoms with Gasteiger partial charge < -0.3 is 67.1 Å². The molecule has 338 valence electrons. The van der Waals surface area contributed by atoms with Crippen molar-refractivity contribution in [2.24, 2.45) is 0 Å². The summed E-state index contributed by atoms with van der Waals surface area (Å²) in [6, 6.07) is 0. The highest BCUT2D eigenvalue weighted by Gasteiger charge is 2.56. The summed E-state index contributed by atoms with van der Waals surface area (Å²) in [6.07, 6.45) is -17.2. The Balaban J connectivity index is 2.00. The van der Waals surface area contributed by atoms with Gasteiger partial charge in [0.15, 0.2) is 47.5 Å². The number of ether oxygens (including phenoxy) is 12. The van der Waals surface area contributed by atoms with Crippen LogP contribution in [0.15, 0.2) is 12.2 Å². The Kier molecular flexibility index (Phi) is 15.6. The molecule has 62 heavy (non-hydrogen) atoms. The number of benzene rings is 1. The van der Waals surface area contributed by atoms with Gasteiger partial charge in [-0.1, -0.05) is 0 Å². The summed E-state index contributed by atoms with van der Waals surface area (Å²) in [5.74, 6) is -14.8. The number of hydrogen-bond donors (Lipinski definition) is 2. The monoisotopic (exact) mass is 882 g/mol. The first-order chi connectivity index (χ1) is 29.0. The average molecular weight is 883 g/mol. The summed E-state index contributed by atoms with van der Waals surface area (Å²) < 4.78 is 66.4. The smallest absolute Gasteiger partial charge is 0.303 e. The zero-order chi connectivity index (χ0) is 46.3. The van der Waals surface area contributed by atoms with Gasteiger partial charge in [-0.25, -0.2) is 0 Å². The summed E-state index contributed by atoms with van der Waals surface area (Å²) in [7, 11) is 0. The molecule has 24 nitrogen and oxygen atoms in total. The summed E-state index contributed by atoms with van der Waals surface area (Å²) in [6.45, 7) is 6.16. The van der Waals surface area contributed by atoms with E-state index in [0.29, 0.717) is 0 Å². The van der Waals surface area contributed by atoms with Crippen molar-refractivity contribution in [3.05, 3.63) is 23.3 Å². The zero-order valence-corrected chi connectivity index (χ0v) is 34.2. The van der Waals surface area contributed by atoms with Crippen molar-refractivity contribution in [1.29, 1.82) is 0 Å². The maximum absolute atomic E-state index is 13.2. The van der Waals surface area contributed by atoms with Crippen molar-refractivity contribution >= 4 is 59.3 Å². The summed E-state index contributed by atoms with van der Waals surface area (Å²) in [4.78, 5) is 125. The van der Waals surface area contributed by atoms with Crippen LogP contribution in [0.2, 0.25) is 0 Å². The molecule has 0 radical (unpaired) electrons. The van der Waals surface area contributed by atoms with E-state index in [2.05, 4.69) is 0 Å². The standard InChI is InChI=1S/C38H42O24/c1-13(39)51-11-23-29(53-15(3)41)33(55-17(5)43)35(57-19(7)45)37(59-23)61-31-27(49)25-21(47)9-10-22(48)26(25)28(50)32(31)62-38-36(58-20(8)46)34(56-18(6)44)30(54-16(4)42)24(60-38)12-52-14(2)40/h9-10,23-24,29-30,33-38,49-50H,11-12H2,1-8H3/t23-,24-,29-,30-,33+,34+,35-,36-,37+,38+/m1/s1. The van der Waals surface area contributed by atoms with E-state index < -0.39 is 168 Å². The van der Waals surface area contributed by atoms with E-state index in [1.54, 1.807) is 0 Å². The van der Waals surface area contributed by atoms with Gasteiger partial charge in [0.2, 0.25) is 36.3 Å². The Morgan fingerprint density at radius 1 is 0.452 bits per heavy atom. The van der Waals surface area contributed by atoms with Crippen molar-refractivity contribution in [1.82, 2.24) is 0 Å². The van der Waals surface area contributed by atoms with Gasteiger partial charge >= 0.3 is 47.8 Å². The van der Waals surface area contributed by atoms with Crippen molar-refractivity contribution in [3.63, 3.8) is 0 Å². The van der Waals surface area contributed by atoms with Gasteiger partial charge in [-0.3, -0.25) is 47.9 Å². The highest BCUT2D eigenvalue weighted by Crippen LogP contribution is 2.52. The highest BCUT2D eigenvalue weighted by atomic mass is 16.8. The van der Waals surface area contributed by atoms with Gasteiger partial charge in [0.05, 0.1) is 11.1 Å². The van der Waals surface area contributed by atoms with Gasteiger partial charge in [-0.2, -0.15) is 0 Å².